The van der Waals surface area contributed by atoms with Crippen molar-refractivity contribution in [1.82, 2.24) is 9.88 Å². The first-order valence-electron chi connectivity index (χ1n) is 9.89. The molecule has 150 valence electrons. The fourth-order valence-corrected chi connectivity index (χ4v) is 4.27. The molecule has 0 radical (unpaired) electrons. The first kappa shape index (κ1) is 21.0. The van der Waals surface area contributed by atoms with E-state index in [1.54, 1.807) is 0 Å². The highest BCUT2D eigenvalue weighted by Crippen LogP contribution is 2.31. The van der Waals surface area contributed by atoms with Crippen LogP contribution in [-0.4, -0.2) is 34.1 Å². The number of halogens is 1. The molecule has 4 rings (SSSR count). The van der Waals surface area contributed by atoms with Gasteiger partial charge in [-0.2, -0.15) is 0 Å². The number of aryl methyl sites for hydroxylation is 1. The third-order valence-corrected chi connectivity index (χ3v) is 5.99. The molecule has 0 spiro atoms. The number of benzene rings is 1. The number of aromatic nitrogens is 1. The highest BCUT2D eigenvalue weighted by molar-refractivity contribution is 7.80. The van der Waals surface area contributed by atoms with E-state index in [2.05, 4.69) is 45.5 Å². The van der Waals surface area contributed by atoms with Gasteiger partial charge in [0.25, 0.3) is 0 Å². The van der Waals surface area contributed by atoms with E-state index in [0.717, 1.165) is 36.1 Å². The van der Waals surface area contributed by atoms with Gasteiger partial charge in [0.15, 0.2) is 16.6 Å². The van der Waals surface area contributed by atoms with Crippen LogP contribution in [-0.2, 0) is 6.54 Å². The van der Waals surface area contributed by atoms with Gasteiger partial charge < -0.3 is 10.1 Å². The lowest BCUT2D eigenvalue weighted by Crippen LogP contribution is -2.38. The predicted octanol–water partition coefficient (Wildman–Crippen LogP) is 5.00. The molecule has 0 amide bonds. The van der Waals surface area contributed by atoms with Crippen molar-refractivity contribution in [1.29, 1.82) is 0 Å². The zero-order valence-corrected chi connectivity index (χ0v) is 17.9. The number of nitrogens with zero attached hydrogens (tertiary/aromatic N) is 2. The van der Waals surface area contributed by atoms with Crippen LogP contribution in [0.1, 0.15) is 36.9 Å². The maximum Gasteiger partial charge on any atom is 0.189 e. The van der Waals surface area contributed by atoms with Gasteiger partial charge >= 0.3 is 0 Å². The van der Waals surface area contributed by atoms with Gasteiger partial charge in [0.2, 0.25) is 0 Å². The number of hydrogen-bond donors (Lipinski definition) is 1. The van der Waals surface area contributed by atoms with E-state index in [1.807, 2.05) is 19.1 Å². The minimum Gasteiger partial charge on any atom is -0.444 e. The molecule has 3 heterocycles. The van der Waals surface area contributed by atoms with Crippen molar-refractivity contribution in [3.8, 4) is 5.75 Å². The molecule has 0 aliphatic carbocycles. The van der Waals surface area contributed by atoms with Gasteiger partial charge in [-0.3, -0.25) is 4.90 Å². The van der Waals surface area contributed by atoms with Crippen molar-refractivity contribution < 1.29 is 4.74 Å². The standard InChI is InChI=1S/C22H27N3OS.ClH/c1-16-7-10-20-21(23-16)24-19(22(27)26-20)9-8-17-11-13-25(14-12-17)15-18-5-3-2-4-6-18;/h2-7,10,17,19H,8-9,11-15H2,1H3,(H,23,24);1H. The molecule has 2 aliphatic heterocycles. The molecular formula is C22H28ClN3OS. The molecule has 0 bridgehead atoms. The molecule has 1 aromatic carbocycles. The number of pyridine rings is 1. The molecule has 4 nitrogen and oxygen atoms in total. The molecule has 1 N–H and O–H groups in total. The Kier molecular flexibility index (Phi) is 7.27. The molecule has 1 fully saturated rings. The maximum atomic E-state index is 5.82. The van der Waals surface area contributed by atoms with Crippen molar-refractivity contribution in [2.24, 2.45) is 5.92 Å². The Morgan fingerprint density at radius 1 is 1.11 bits per heavy atom. The summed E-state index contributed by atoms with van der Waals surface area (Å²) < 4.78 is 5.82. The van der Waals surface area contributed by atoms with E-state index in [0.29, 0.717) is 5.05 Å². The van der Waals surface area contributed by atoms with E-state index < -0.39 is 0 Å². The molecule has 6 heteroatoms. The lowest BCUT2D eigenvalue weighted by atomic mass is 9.90. The smallest absolute Gasteiger partial charge is 0.189 e. The Bertz CT molecular complexity index is 794. The van der Waals surface area contributed by atoms with Crippen LogP contribution in [0.3, 0.4) is 0 Å². The van der Waals surface area contributed by atoms with E-state index in [-0.39, 0.29) is 18.4 Å². The van der Waals surface area contributed by atoms with Gasteiger partial charge in [0.05, 0.1) is 6.04 Å². The van der Waals surface area contributed by atoms with E-state index >= 15 is 0 Å². The van der Waals surface area contributed by atoms with Crippen molar-refractivity contribution in [2.45, 2.75) is 45.2 Å². The number of fused-ring (bicyclic) bond motifs is 1. The Labute approximate surface area is 179 Å². The summed E-state index contributed by atoms with van der Waals surface area (Å²) >= 11 is 5.47. The van der Waals surface area contributed by atoms with Gasteiger partial charge in [0.1, 0.15) is 0 Å². The second kappa shape index (κ2) is 9.68. The number of likely N-dealkylation sites (tertiary alicyclic amines) is 1. The fraction of sp³-hybridized carbons (Fsp3) is 0.455. The van der Waals surface area contributed by atoms with Crippen LogP contribution in [0.2, 0.25) is 0 Å². The number of piperidine rings is 1. The average molecular weight is 418 g/mol. The second-order valence-corrected chi connectivity index (χ2v) is 8.10. The molecule has 2 aliphatic rings. The van der Waals surface area contributed by atoms with Crippen LogP contribution in [0.4, 0.5) is 5.82 Å². The third kappa shape index (κ3) is 5.22. The summed E-state index contributed by atoms with van der Waals surface area (Å²) in [4.78, 5) is 7.11. The molecule has 1 saturated heterocycles. The second-order valence-electron chi connectivity index (χ2n) is 7.70. The van der Waals surface area contributed by atoms with Crippen molar-refractivity contribution in [2.75, 3.05) is 18.4 Å². The summed E-state index contributed by atoms with van der Waals surface area (Å²) in [5, 5.41) is 4.13. The van der Waals surface area contributed by atoms with Crippen LogP contribution in [0, 0.1) is 12.8 Å². The van der Waals surface area contributed by atoms with Gasteiger partial charge in [0, 0.05) is 12.2 Å². The Hall–Kier alpha value is -1.69. The Balaban J connectivity index is 0.00000225. The average Bonchev–Trinajstić information content (AvgIpc) is 2.68. The number of hydrogen-bond acceptors (Lipinski definition) is 5. The number of anilines is 1. The van der Waals surface area contributed by atoms with Gasteiger partial charge in [-0.15, -0.1) is 12.4 Å². The van der Waals surface area contributed by atoms with E-state index in [4.69, 9.17) is 17.0 Å². The van der Waals surface area contributed by atoms with E-state index in [9.17, 15) is 0 Å². The predicted molar refractivity (Wildman–Crippen MR) is 121 cm³/mol. The van der Waals surface area contributed by atoms with Crippen LogP contribution in [0.5, 0.6) is 5.75 Å². The van der Waals surface area contributed by atoms with Crippen molar-refractivity contribution in [3.63, 3.8) is 0 Å². The lowest BCUT2D eigenvalue weighted by Gasteiger charge is -2.33. The van der Waals surface area contributed by atoms with Gasteiger partial charge in [-0.25, -0.2) is 4.98 Å². The first-order chi connectivity index (χ1) is 13.2. The molecule has 0 saturated carbocycles. The zero-order valence-electron chi connectivity index (χ0n) is 16.3. The van der Waals surface area contributed by atoms with Crippen LogP contribution >= 0.6 is 24.6 Å². The summed E-state index contributed by atoms with van der Waals surface area (Å²) in [6, 6.07) is 14.7. The number of rotatable bonds is 5. The minimum absolute atomic E-state index is 0. The number of ether oxygens (including phenoxy) is 1. The van der Waals surface area contributed by atoms with Gasteiger partial charge in [-0.05, 0) is 81.5 Å². The topological polar surface area (TPSA) is 37.4 Å². The first-order valence-corrected chi connectivity index (χ1v) is 10.3. The lowest BCUT2D eigenvalue weighted by molar-refractivity contribution is 0.170. The molecular weight excluding hydrogens is 390 g/mol. The summed E-state index contributed by atoms with van der Waals surface area (Å²) in [6.07, 6.45) is 4.72. The quantitative estimate of drug-likeness (QED) is 0.692. The SMILES string of the molecule is Cc1ccc2c(n1)NC(CCC1CCN(Cc3ccccc3)CC1)C(=S)O2.Cl. The van der Waals surface area contributed by atoms with Crippen LogP contribution in [0.15, 0.2) is 42.5 Å². The Morgan fingerprint density at radius 2 is 1.86 bits per heavy atom. The summed E-state index contributed by atoms with van der Waals surface area (Å²) in [5.41, 5.74) is 2.40. The number of nitrogens with one attached hydrogen (secondary N) is 1. The highest BCUT2D eigenvalue weighted by atomic mass is 35.5. The molecule has 1 aromatic heterocycles. The summed E-state index contributed by atoms with van der Waals surface area (Å²) in [5.74, 6) is 2.34. The van der Waals surface area contributed by atoms with Crippen molar-refractivity contribution in [3.05, 3.63) is 53.7 Å². The normalized spacial score (nSPS) is 19.9. The van der Waals surface area contributed by atoms with E-state index in [1.165, 1.54) is 37.9 Å². The molecule has 28 heavy (non-hydrogen) atoms. The van der Waals surface area contributed by atoms with Crippen LogP contribution < -0.4 is 10.1 Å². The molecule has 1 atom stereocenters. The third-order valence-electron chi connectivity index (χ3n) is 5.62. The zero-order chi connectivity index (χ0) is 18.6. The monoisotopic (exact) mass is 417 g/mol. The van der Waals surface area contributed by atoms with Crippen molar-refractivity contribution >= 4 is 35.5 Å². The minimum atomic E-state index is 0. The highest BCUT2D eigenvalue weighted by Gasteiger charge is 2.27. The Morgan fingerprint density at radius 3 is 2.61 bits per heavy atom. The van der Waals surface area contributed by atoms with Gasteiger partial charge in [-0.1, -0.05) is 30.3 Å². The molecule has 2 aromatic rings. The summed E-state index contributed by atoms with van der Waals surface area (Å²) in [6.45, 7) is 5.43. The largest absolute Gasteiger partial charge is 0.444 e. The summed E-state index contributed by atoms with van der Waals surface area (Å²) in [7, 11) is 0. The molecule has 1 unspecified atom stereocenters. The van der Waals surface area contributed by atoms with Crippen LogP contribution in [0.25, 0.3) is 0 Å². The maximum absolute atomic E-state index is 5.82. The number of thiocarbonyl (C=S) groups is 1. The fourth-order valence-electron chi connectivity index (χ4n) is 4.00.